The largest absolute Gasteiger partial charge is 0.329 e. The van der Waals surface area contributed by atoms with E-state index in [1.54, 1.807) is 37.8 Å². The van der Waals surface area contributed by atoms with Gasteiger partial charge in [0.2, 0.25) is 0 Å². The zero-order chi connectivity index (χ0) is 13.9. The second kappa shape index (κ2) is 5.32. The summed E-state index contributed by atoms with van der Waals surface area (Å²) in [6, 6.07) is 1.65. The topological polar surface area (TPSA) is 71.9 Å². The molecule has 6 heteroatoms. The normalized spacial score (nSPS) is 18.2. The molecule has 2 aromatic heterocycles. The summed E-state index contributed by atoms with van der Waals surface area (Å²) in [4.78, 5) is 31.0. The van der Waals surface area contributed by atoms with Crippen molar-refractivity contribution in [2.45, 2.75) is 25.8 Å². The highest BCUT2D eigenvalue weighted by atomic mass is 16.2. The summed E-state index contributed by atoms with van der Waals surface area (Å²) < 4.78 is 0. The smallest absolute Gasteiger partial charge is 0.273 e. The van der Waals surface area contributed by atoms with Crippen molar-refractivity contribution in [3.05, 3.63) is 48.1 Å². The van der Waals surface area contributed by atoms with Gasteiger partial charge in [0, 0.05) is 25.1 Å². The Morgan fingerprint density at radius 3 is 2.95 bits per heavy atom. The van der Waals surface area contributed by atoms with Crippen molar-refractivity contribution >= 4 is 5.91 Å². The Hall–Kier alpha value is -2.37. The summed E-state index contributed by atoms with van der Waals surface area (Å²) in [7, 11) is 0. The van der Waals surface area contributed by atoms with E-state index in [1.807, 2.05) is 4.90 Å². The van der Waals surface area contributed by atoms with Crippen molar-refractivity contribution in [1.82, 2.24) is 24.8 Å². The van der Waals surface area contributed by atoms with Gasteiger partial charge in [-0.2, -0.15) is 0 Å². The minimum atomic E-state index is -0.0661. The second-order valence-electron chi connectivity index (χ2n) is 4.78. The van der Waals surface area contributed by atoms with Crippen LogP contribution in [0.3, 0.4) is 0 Å². The van der Waals surface area contributed by atoms with Gasteiger partial charge >= 0.3 is 0 Å². The molecule has 1 aliphatic rings. The van der Waals surface area contributed by atoms with Gasteiger partial charge in [-0.05, 0) is 25.8 Å². The Labute approximate surface area is 116 Å². The number of carbonyl (C=O) groups excluding carboxylic acids is 1. The maximum Gasteiger partial charge on any atom is 0.273 e. The fourth-order valence-electron chi connectivity index (χ4n) is 2.52. The van der Waals surface area contributed by atoms with Crippen LogP contribution in [-0.2, 0) is 0 Å². The zero-order valence-electron chi connectivity index (χ0n) is 11.2. The molecule has 0 aromatic carbocycles. The maximum absolute atomic E-state index is 12.6. The molecule has 20 heavy (non-hydrogen) atoms. The van der Waals surface area contributed by atoms with E-state index in [0.717, 1.165) is 25.1 Å². The summed E-state index contributed by atoms with van der Waals surface area (Å²) in [5.41, 5.74) is 1.28. The van der Waals surface area contributed by atoms with Gasteiger partial charge in [0.25, 0.3) is 5.91 Å². The molecule has 0 spiro atoms. The van der Waals surface area contributed by atoms with Gasteiger partial charge in [0.05, 0.1) is 17.9 Å². The predicted octanol–water partition coefficient (Wildman–Crippen LogP) is 1.55. The molecule has 0 bridgehead atoms. The Morgan fingerprint density at radius 1 is 1.30 bits per heavy atom. The third kappa shape index (κ3) is 2.36. The molecule has 1 amide bonds. The van der Waals surface area contributed by atoms with Crippen LogP contribution >= 0.6 is 0 Å². The minimum absolute atomic E-state index is 0.00790. The SMILES string of the molecule is Cc1nccc(C(=O)N2CCCC2c2cnccn2)n1. The molecule has 2 aromatic rings. The summed E-state index contributed by atoms with van der Waals surface area (Å²) >= 11 is 0. The Bertz CT molecular complexity index is 616. The summed E-state index contributed by atoms with van der Waals surface area (Å²) in [5, 5.41) is 0. The van der Waals surface area contributed by atoms with Crippen LogP contribution in [0, 0.1) is 6.92 Å². The van der Waals surface area contributed by atoms with E-state index in [2.05, 4.69) is 19.9 Å². The number of hydrogen-bond acceptors (Lipinski definition) is 5. The first-order valence-electron chi connectivity index (χ1n) is 6.62. The molecule has 1 unspecified atom stereocenters. The summed E-state index contributed by atoms with van der Waals surface area (Å²) in [6.45, 7) is 2.50. The van der Waals surface area contributed by atoms with E-state index < -0.39 is 0 Å². The highest BCUT2D eigenvalue weighted by Gasteiger charge is 2.32. The van der Waals surface area contributed by atoms with E-state index in [0.29, 0.717) is 11.5 Å². The van der Waals surface area contributed by atoms with Gasteiger partial charge in [-0.3, -0.25) is 14.8 Å². The van der Waals surface area contributed by atoms with Gasteiger partial charge in [-0.15, -0.1) is 0 Å². The van der Waals surface area contributed by atoms with E-state index >= 15 is 0 Å². The third-order valence-corrected chi connectivity index (χ3v) is 3.43. The number of hydrogen-bond donors (Lipinski definition) is 0. The Morgan fingerprint density at radius 2 is 2.20 bits per heavy atom. The average molecular weight is 269 g/mol. The molecule has 1 aliphatic heterocycles. The van der Waals surface area contributed by atoms with Gasteiger partial charge < -0.3 is 4.90 Å². The van der Waals surface area contributed by atoms with Crippen molar-refractivity contribution in [3.8, 4) is 0 Å². The number of nitrogens with zero attached hydrogens (tertiary/aromatic N) is 5. The Balaban J connectivity index is 1.87. The predicted molar refractivity (Wildman–Crippen MR) is 71.8 cm³/mol. The van der Waals surface area contributed by atoms with Crippen molar-refractivity contribution in [3.63, 3.8) is 0 Å². The number of aromatic nitrogens is 4. The van der Waals surface area contributed by atoms with E-state index in [9.17, 15) is 4.79 Å². The van der Waals surface area contributed by atoms with E-state index in [1.165, 1.54) is 0 Å². The lowest BCUT2D eigenvalue weighted by Crippen LogP contribution is -2.31. The first kappa shape index (κ1) is 12.7. The molecule has 3 heterocycles. The van der Waals surface area contributed by atoms with Gasteiger partial charge in [-0.25, -0.2) is 9.97 Å². The van der Waals surface area contributed by atoms with Gasteiger partial charge in [0.15, 0.2) is 0 Å². The molecule has 1 atom stereocenters. The van der Waals surface area contributed by atoms with Gasteiger partial charge in [-0.1, -0.05) is 0 Å². The number of aryl methyl sites for hydroxylation is 1. The molecule has 0 saturated carbocycles. The lowest BCUT2D eigenvalue weighted by atomic mass is 10.1. The van der Waals surface area contributed by atoms with Crippen LogP contribution in [0.5, 0.6) is 0 Å². The van der Waals surface area contributed by atoms with E-state index in [4.69, 9.17) is 0 Å². The highest BCUT2D eigenvalue weighted by molar-refractivity contribution is 5.92. The molecule has 1 saturated heterocycles. The van der Waals surface area contributed by atoms with Crippen LogP contribution in [0.1, 0.15) is 40.9 Å². The summed E-state index contributed by atoms with van der Waals surface area (Å²) in [5.74, 6) is 0.537. The highest BCUT2D eigenvalue weighted by Crippen LogP contribution is 2.31. The molecule has 6 nitrogen and oxygen atoms in total. The summed E-state index contributed by atoms with van der Waals surface area (Å²) in [6.07, 6.45) is 8.51. The number of rotatable bonds is 2. The molecule has 0 radical (unpaired) electrons. The zero-order valence-corrected chi connectivity index (χ0v) is 11.2. The first-order valence-corrected chi connectivity index (χ1v) is 6.62. The minimum Gasteiger partial charge on any atom is -0.329 e. The van der Waals surface area contributed by atoms with Crippen molar-refractivity contribution in [2.24, 2.45) is 0 Å². The molecule has 0 N–H and O–H groups in total. The van der Waals surface area contributed by atoms with Crippen molar-refractivity contribution < 1.29 is 4.79 Å². The molecule has 102 valence electrons. The van der Waals surface area contributed by atoms with Crippen LogP contribution < -0.4 is 0 Å². The maximum atomic E-state index is 12.6. The van der Waals surface area contributed by atoms with Crippen LogP contribution in [-0.4, -0.2) is 37.3 Å². The van der Waals surface area contributed by atoms with Crippen molar-refractivity contribution in [1.29, 1.82) is 0 Å². The van der Waals surface area contributed by atoms with Crippen LogP contribution in [0.25, 0.3) is 0 Å². The third-order valence-electron chi connectivity index (χ3n) is 3.43. The van der Waals surface area contributed by atoms with Crippen LogP contribution in [0.15, 0.2) is 30.9 Å². The average Bonchev–Trinajstić information content (AvgIpc) is 2.97. The molecule has 0 aliphatic carbocycles. The standard InChI is InChI=1S/C14H15N5O/c1-10-16-5-4-11(18-10)14(20)19-8-2-3-13(19)12-9-15-6-7-17-12/h4-7,9,13H,2-3,8H2,1H3. The molecular weight excluding hydrogens is 254 g/mol. The fourth-order valence-corrected chi connectivity index (χ4v) is 2.52. The number of likely N-dealkylation sites (tertiary alicyclic amines) is 1. The fraction of sp³-hybridized carbons (Fsp3) is 0.357. The molecule has 1 fully saturated rings. The second-order valence-corrected chi connectivity index (χ2v) is 4.78. The van der Waals surface area contributed by atoms with Crippen LogP contribution in [0.2, 0.25) is 0 Å². The molecular formula is C14H15N5O. The van der Waals surface area contributed by atoms with Crippen LogP contribution in [0.4, 0.5) is 0 Å². The monoisotopic (exact) mass is 269 g/mol. The van der Waals surface area contributed by atoms with Crippen molar-refractivity contribution in [2.75, 3.05) is 6.54 Å². The number of amides is 1. The lowest BCUT2D eigenvalue weighted by Gasteiger charge is -2.23. The lowest BCUT2D eigenvalue weighted by molar-refractivity contribution is 0.0726. The van der Waals surface area contributed by atoms with E-state index in [-0.39, 0.29) is 11.9 Å². The quantitative estimate of drug-likeness (QED) is 0.827. The molecule has 3 rings (SSSR count). The first-order chi connectivity index (χ1) is 9.75. The van der Waals surface area contributed by atoms with Gasteiger partial charge in [0.1, 0.15) is 11.5 Å². The Kier molecular flexibility index (Phi) is 3.37. The number of carbonyl (C=O) groups is 1.